The number of aryl methyl sites for hydroxylation is 1. The van der Waals surface area contributed by atoms with E-state index in [1.54, 1.807) is 18.2 Å². The van der Waals surface area contributed by atoms with Gasteiger partial charge >= 0.3 is 11.9 Å². The van der Waals surface area contributed by atoms with E-state index in [4.69, 9.17) is 11.6 Å². The highest BCUT2D eigenvalue weighted by Crippen LogP contribution is 2.58. The van der Waals surface area contributed by atoms with E-state index in [1.807, 2.05) is 0 Å². The molecule has 0 unspecified atom stereocenters. The molecule has 0 bridgehead atoms. The van der Waals surface area contributed by atoms with E-state index in [1.165, 1.54) is 18.2 Å². The van der Waals surface area contributed by atoms with Gasteiger partial charge in [0.25, 0.3) is 0 Å². The molecule has 35 heavy (non-hydrogen) atoms. The van der Waals surface area contributed by atoms with Crippen molar-refractivity contribution >= 4 is 17.4 Å². The highest BCUT2D eigenvalue weighted by molar-refractivity contribution is 6.33. The van der Waals surface area contributed by atoms with E-state index >= 15 is 0 Å². The highest BCUT2D eigenvalue weighted by Gasteiger charge is 2.67. The number of carbonyl (C=O) groups excluding carboxylic acids is 1. The second-order valence-electron chi connectivity index (χ2n) is 9.15. The standard InChI is InChI=1S/C25H20ClF4N3O2/c26-18-6-1-13(2-8-20(34)24(9-10-24)25(28,29)30)11-17(18)22-31-21(32-23(35)33-22)15-5-7-19(27)16(12-15)14-3-4-14/h1,5-7,11-12,14H,2-4,8-10H2,(H,31,32,33,35). The molecule has 5 nitrogen and oxygen atoms in total. The molecule has 2 aliphatic rings. The van der Waals surface area contributed by atoms with Crippen LogP contribution in [0.3, 0.4) is 0 Å². The molecule has 1 N–H and O–H groups in total. The molecule has 1 aromatic heterocycles. The number of nitrogens with zero attached hydrogens (tertiary/aromatic N) is 2. The summed E-state index contributed by atoms with van der Waals surface area (Å²) in [6, 6.07) is 9.21. The minimum absolute atomic E-state index is 0.0890. The van der Waals surface area contributed by atoms with Crippen LogP contribution in [0.15, 0.2) is 41.2 Å². The number of alkyl halides is 3. The van der Waals surface area contributed by atoms with Gasteiger partial charge in [-0.1, -0.05) is 17.7 Å². The lowest BCUT2D eigenvalue weighted by Gasteiger charge is -2.17. The largest absolute Gasteiger partial charge is 0.401 e. The summed E-state index contributed by atoms with van der Waals surface area (Å²) in [6.07, 6.45) is -3.24. The van der Waals surface area contributed by atoms with Crippen LogP contribution in [0.1, 0.15) is 49.1 Å². The lowest BCUT2D eigenvalue weighted by molar-refractivity contribution is -0.190. The van der Waals surface area contributed by atoms with Gasteiger partial charge in [0.15, 0.2) is 5.82 Å². The number of rotatable bonds is 7. The molecule has 0 radical (unpaired) electrons. The summed E-state index contributed by atoms with van der Waals surface area (Å²) in [5.74, 6) is -0.767. The summed E-state index contributed by atoms with van der Waals surface area (Å²) in [5, 5.41) is 0.257. The van der Waals surface area contributed by atoms with E-state index < -0.39 is 23.1 Å². The maximum Gasteiger partial charge on any atom is 0.401 e. The fourth-order valence-electron chi connectivity index (χ4n) is 4.28. The number of aromatic nitrogens is 3. The number of Topliss-reactive ketones (excluding diaryl/α,β-unsaturated/α-hetero) is 1. The van der Waals surface area contributed by atoms with Gasteiger partial charge in [-0.25, -0.2) is 14.2 Å². The number of nitrogens with one attached hydrogen (secondary N) is 1. The third kappa shape index (κ3) is 4.61. The fourth-order valence-corrected chi connectivity index (χ4v) is 4.49. The van der Waals surface area contributed by atoms with Gasteiger partial charge in [0.1, 0.15) is 22.8 Å². The van der Waals surface area contributed by atoms with Crippen LogP contribution in [-0.4, -0.2) is 26.9 Å². The average Bonchev–Trinajstić information content (AvgIpc) is 3.71. The predicted molar refractivity (Wildman–Crippen MR) is 122 cm³/mol. The Bertz CT molecular complexity index is 1380. The van der Waals surface area contributed by atoms with Gasteiger partial charge in [0.05, 0.1) is 5.02 Å². The van der Waals surface area contributed by atoms with Crippen LogP contribution >= 0.6 is 11.6 Å². The SMILES string of the molecule is O=C(CCc1ccc(Cl)c(-c2nc(-c3ccc(F)c(C4CC4)c3)nc(=O)[nH]2)c1)C1(C(F)(F)F)CC1. The monoisotopic (exact) mass is 505 g/mol. The zero-order valence-corrected chi connectivity index (χ0v) is 19.1. The quantitative estimate of drug-likeness (QED) is 0.399. The second-order valence-corrected chi connectivity index (χ2v) is 9.56. The molecular weight excluding hydrogens is 486 g/mol. The minimum atomic E-state index is -4.54. The normalized spacial score (nSPS) is 16.8. The number of aromatic amines is 1. The van der Waals surface area contributed by atoms with Crippen LogP contribution in [0.2, 0.25) is 5.02 Å². The molecule has 0 amide bonds. The maximum absolute atomic E-state index is 14.2. The first-order valence-electron chi connectivity index (χ1n) is 11.2. The van der Waals surface area contributed by atoms with Crippen LogP contribution < -0.4 is 5.69 Å². The molecule has 0 atom stereocenters. The zero-order valence-electron chi connectivity index (χ0n) is 18.4. The molecular formula is C25H20ClF4N3O2. The molecule has 3 aromatic rings. The Morgan fingerprint density at radius 3 is 2.51 bits per heavy atom. The summed E-state index contributed by atoms with van der Waals surface area (Å²) >= 11 is 6.33. The smallest absolute Gasteiger partial charge is 0.299 e. The van der Waals surface area contributed by atoms with Gasteiger partial charge in [0, 0.05) is 17.5 Å². The van der Waals surface area contributed by atoms with Crippen molar-refractivity contribution in [2.75, 3.05) is 0 Å². The Hall–Kier alpha value is -3.07. The van der Waals surface area contributed by atoms with Crippen molar-refractivity contribution in [1.82, 2.24) is 15.0 Å². The van der Waals surface area contributed by atoms with Crippen molar-refractivity contribution in [3.8, 4) is 22.8 Å². The first-order valence-corrected chi connectivity index (χ1v) is 11.6. The third-order valence-electron chi connectivity index (χ3n) is 6.67. The molecule has 2 aliphatic carbocycles. The van der Waals surface area contributed by atoms with Gasteiger partial charge in [0.2, 0.25) is 0 Å². The second kappa shape index (κ2) is 8.55. The Balaban J connectivity index is 1.42. The van der Waals surface area contributed by atoms with Crippen LogP contribution in [0.5, 0.6) is 0 Å². The first-order chi connectivity index (χ1) is 16.6. The number of hydrogen-bond acceptors (Lipinski definition) is 4. The van der Waals surface area contributed by atoms with Gasteiger partial charge in [-0.3, -0.25) is 9.78 Å². The number of ketones is 1. The van der Waals surface area contributed by atoms with Crippen molar-refractivity contribution < 1.29 is 22.4 Å². The van der Waals surface area contributed by atoms with Gasteiger partial charge in [-0.2, -0.15) is 18.2 Å². The Labute approximate surface area is 202 Å². The van der Waals surface area contributed by atoms with E-state index in [2.05, 4.69) is 15.0 Å². The maximum atomic E-state index is 14.2. The lowest BCUT2D eigenvalue weighted by Crippen LogP contribution is -2.32. The Morgan fingerprint density at radius 2 is 1.86 bits per heavy atom. The summed E-state index contributed by atoms with van der Waals surface area (Å²) < 4.78 is 53.8. The van der Waals surface area contributed by atoms with Crippen LogP contribution in [0, 0.1) is 11.2 Å². The van der Waals surface area contributed by atoms with E-state index in [0.717, 1.165) is 12.8 Å². The van der Waals surface area contributed by atoms with E-state index in [9.17, 15) is 27.2 Å². The van der Waals surface area contributed by atoms with Crippen LogP contribution in [-0.2, 0) is 11.2 Å². The topological polar surface area (TPSA) is 75.7 Å². The highest BCUT2D eigenvalue weighted by atomic mass is 35.5. The third-order valence-corrected chi connectivity index (χ3v) is 7.00. The number of hydrogen-bond donors (Lipinski definition) is 1. The number of halogens is 5. The average molecular weight is 506 g/mol. The summed E-state index contributed by atoms with van der Waals surface area (Å²) in [5.41, 5.74) is -0.915. The zero-order chi connectivity index (χ0) is 25.0. The van der Waals surface area contributed by atoms with E-state index in [-0.39, 0.29) is 54.1 Å². The fraction of sp³-hybridized carbons (Fsp3) is 0.360. The molecule has 2 fully saturated rings. The molecule has 0 spiro atoms. The molecule has 0 aliphatic heterocycles. The van der Waals surface area contributed by atoms with E-state index in [0.29, 0.717) is 22.3 Å². The van der Waals surface area contributed by atoms with Crippen molar-refractivity contribution in [3.05, 3.63) is 68.8 Å². The van der Waals surface area contributed by atoms with Gasteiger partial charge in [-0.05, 0) is 79.5 Å². The van der Waals surface area contributed by atoms with Crippen molar-refractivity contribution in [1.29, 1.82) is 0 Å². The summed E-state index contributed by atoms with van der Waals surface area (Å²) in [7, 11) is 0. The van der Waals surface area contributed by atoms with Crippen molar-refractivity contribution in [2.45, 2.75) is 50.6 Å². The minimum Gasteiger partial charge on any atom is -0.299 e. The number of benzene rings is 2. The predicted octanol–water partition coefficient (Wildman–Crippen LogP) is 6.01. The number of carbonyl (C=O) groups is 1. The van der Waals surface area contributed by atoms with Crippen molar-refractivity contribution in [2.24, 2.45) is 5.41 Å². The Morgan fingerprint density at radius 1 is 1.11 bits per heavy atom. The van der Waals surface area contributed by atoms with Gasteiger partial charge in [-0.15, -0.1) is 0 Å². The summed E-state index contributed by atoms with van der Waals surface area (Å²) in [4.78, 5) is 35.4. The summed E-state index contributed by atoms with van der Waals surface area (Å²) in [6.45, 7) is 0. The Kier molecular flexibility index (Phi) is 5.78. The van der Waals surface area contributed by atoms with Crippen molar-refractivity contribution in [3.63, 3.8) is 0 Å². The molecule has 2 aromatic carbocycles. The lowest BCUT2D eigenvalue weighted by atomic mass is 9.94. The van der Waals surface area contributed by atoms with Gasteiger partial charge < -0.3 is 0 Å². The molecule has 182 valence electrons. The van der Waals surface area contributed by atoms with Crippen LogP contribution in [0.25, 0.3) is 22.8 Å². The molecule has 1 heterocycles. The number of H-pyrrole nitrogens is 1. The molecule has 2 saturated carbocycles. The molecule has 5 rings (SSSR count). The van der Waals surface area contributed by atoms with Crippen LogP contribution in [0.4, 0.5) is 17.6 Å². The first kappa shape index (κ1) is 23.7. The molecule has 0 saturated heterocycles. The molecule has 10 heteroatoms.